The van der Waals surface area contributed by atoms with Gasteiger partial charge < -0.3 is 19.9 Å². The summed E-state index contributed by atoms with van der Waals surface area (Å²) in [6, 6.07) is 9.68. The van der Waals surface area contributed by atoms with E-state index in [2.05, 4.69) is 39.6 Å². The van der Waals surface area contributed by atoms with Gasteiger partial charge in [0.1, 0.15) is 5.60 Å². The van der Waals surface area contributed by atoms with E-state index in [0.717, 1.165) is 12.0 Å². The number of ether oxygens (including phenoxy) is 2. The number of aliphatic hydroxyl groups excluding tert-OH is 1. The highest BCUT2D eigenvalue weighted by atomic mass is 16.6. The molecule has 1 aromatic rings. The Kier molecular flexibility index (Phi) is 11.5. The molecule has 1 rings (SSSR count). The Labute approximate surface area is 195 Å². The van der Waals surface area contributed by atoms with Gasteiger partial charge in [0.2, 0.25) is 0 Å². The lowest BCUT2D eigenvalue weighted by molar-refractivity contribution is 0.0293. The normalized spacial score (nSPS) is 15.2. The molecule has 0 fully saturated rings. The number of benzene rings is 1. The molecule has 1 amide bonds. The van der Waals surface area contributed by atoms with Crippen molar-refractivity contribution >= 4 is 6.09 Å². The lowest BCUT2D eigenvalue weighted by Crippen LogP contribution is -2.48. The van der Waals surface area contributed by atoms with Crippen molar-refractivity contribution in [1.29, 1.82) is 0 Å². The van der Waals surface area contributed by atoms with Crippen LogP contribution in [0.1, 0.15) is 73.3 Å². The van der Waals surface area contributed by atoms with Gasteiger partial charge in [-0.2, -0.15) is 0 Å². The average Bonchev–Trinajstić information content (AvgIpc) is 2.67. The molecule has 1 aromatic carbocycles. The number of carbonyl (C=O) groups excluding carboxylic acids is 1. The van der Waals surface area contributed by atoms with Crippen LogP contribution in [0.5, 0.6) is 0 Å². The molecule has 1 unspecified atom stereocenters. The minimum absolute atomic E-state index is 0.140. The molecular formula is C27H45NO4. The second-order valence-electron chi connectivity index (χ2n) is 10.9. The van der Waals surface area contributed by atoms with E-state index in [9.17, 15) is 9.90 Å². The highest BCUT2D eigenvalue weighted by molar-refractivity contribution is 5.68. The number of carbonyl (C=O) groups is 1. The van der Waals surface area contributed by atoms with Crippen molar-refractivity contribution in [1.82, 2.24) is 5.32 Å². The van der Waals surface area contributed by atoms with Gasteiger partial charge in [0.25, 0.3) is 0 Å². The van der Waals surface area contributed by atoms with Gasteiger partial charge in [-0.1, -0.05) is 64.1 Å². The number of aliphatic hydroxyl groups is 1. The Morgan fingerprint density at radius 2 is 1.78 bits per heavy atom. The van der Waals surface area contributed by atoms with E-state index in [-0.39, 0.29) is 11.3 Å². The van der Waals surface area contributed by atoms with Crippen LogP contribution in [0.2, 0.25) is 0 Å². The minimum Gasteiger partial charge on any atom is -0.444 e. The van der Waals surface area contributed by atoms with Crippen molar-refractivity contribution in [3.05, 3.63) is 48.6 Å². The molecule has 0 aliphatic heterocycles. The van der Waals surface area contributed by atoms with Gasteiger partial charge in [-0.3, -0.25) is 0 Å². The second-order valence-corrected chi connectivity index (χ2v) is 10.9. The van der Waals surface area contributed by atoms with Gasteiger partial charge in [0, 0.05) is 6.61 Å². The van der Waals surface area contributed by atoms with Crippen LogP contribution >= 0.6 is 0 Å². The zero-order chi connectivity index (χ0) is 24.4. The van der Waals surface area contributed by atoms with Gasteiger partial charge in [0.05, 0.1) is 18.8 Å². The number of allylic oxidation sites excluding steroid dienone is 1. The van der Waals surface area contributed by atoms with Crippen LogP contribution in [-0.2, 0) is 16.1 Å². The van der Waals surface area contributed by atoms with Gasteiger partial charge in [-0.25, -0.2) is 4.79 Å². The van der Waals surface area contributed by atoms with Crippen LogP contribution in [0, 0.1) is 17.3 Å². The number of hydrogen-bond acceptors (Lipinski definition) is 4. The number of nitrogens with one attached hydrogen (secondary N) is 1. The standard InChI is InChI=1S/C27H45NO4/c1-9-22(20(2)3)17-24(29)23(28-25(30)32-26(4,5)6)18-27(7,8)15-16-31-19-21-13-11-10-12-14-21/h9-14,20,22-24,29H,1,15-19H2,2-8H3,(H,28,30)/t22?,23-,24-/m0/s1. The molecule has 32 heavy (non-hydrogen) atoms. The van der Waals surface area contributed by atoms with E-state index in [0.29, 0.717) is 32.0 Å². The first-order chi connectivity index (χ1) is 14.8. The van der Waals surface area contributed by atoms with Gasteiger partial charge in [-0.15, -0.1) is 6.58 Å². The van der Waals surface area contributed by atoms with Crippen molar-refractivity contribution in [2.24, 2.45) is 17.3 Å². The van der Waals surface area contributed by atoms with E-state index >= 15 is 0 Å². The zero-order valence-corrected chi connectivity index (χ0v) is 21.2. The fourth-order valence-electron chi connectivity index (χ4n) is 3.64. The number of amides is 1. The summed E-state index contributed by atoms with van der Waals surface area (Å²) in [4.78, 5) is 12.5. The third-order valence-electron chi connectivity index (χ3n) is 5.65. The first-order valence-corrected chi connectivity index (χ1v) is 11.7. The van der Waals surface area contributed by atoms with Crippen molar-refractivity contribution in [3.63, 3.8) is 0 Å². The SMILES string of the molecule is C=CC(C[C@H](O)[C@H](CC(C)(C)CCOCc1ccccc1)NC(=O)OC(C)(C)C)C(C)C. The summed E-state index contributed by atoms with van der Waals surface area (Å²) in [5, 5.41) is 14.0. The Bertz CT molecular complexity index is 679. The molecule has 0 bridgehead atoms. The van der Waals surface area contributed by atoms with Gasteiger partial charge in [0.15, 0.2) is 0 Å². The lowest BCUT2D eigenvalue weighted by atomic mass is 9.79. The van der Waals surface area contributed by atoms with Crippen LogP contribution in [0.15, 0.2) is 43.0 Å². The third-order valence-corrected chi connectivity index (χ3v) is 5.65. The summed E-state index contributed by atoms with van der Waals surface area (Å²) in [5.74, 6) is 0.536. The van der Waals surface area contributed by atoms with Gasteiger partial charge >= 0.3 is 6.09 Å². The number of alkyl carbamates (subject to hydrolysis) is 1. The van der Waals surface area contributed by atoms with Crippen LogP contribution in [0.4, 0.5) is 4.79 Å². The lowest BCUT2D eigenvalue weighted by Gasteiger charge is -2.34. The molecule has 5 nitrogen and oxygen atoms in total. The van der Waals surface area contributed by atoms with Gasteiger partial charge in [-0.05, 0) is 62.8 Å². The monoisotopic (exact) mass is 447 g/mol. The molecule has 0 spiro atoms. The Morgan fingerprint density at radius 3 is 2.31 bits per heavy atom. The topological polar surface area (TPSA) is 67.8 Å². The fraction of sp³-hybridized carbons (Fsp3) is 0.667. The first-order valence-electron chi connectivity index (χ1n) is 11.7. The summed E-state index contributed by atoms with van der Waals surface area (Å²) >= 11 is 0. The Morgan fingerprint density at radius 1 is 1.16 bits per heavy atom. The van der Waals surface area contributed by atoms with Crippen molar-refractivity contribution < 1.29 is 19.4 Å². The summed E-state index contributed by atoms with van der Waals surface area (Å²) in [6.07, 6.45) is 2.66. The van der Waals surface area contributed by atoms with E-state index in [1.165, 1.54) is 0 Å². The summed E-state index contributed by atoms with van der Waals surface area (Å²) < 4.78 is 11.3. The Hall–Kier alpha value is -1.85. The molecule has 3 atom stereocenters. The maximum Gasteiger partial charge on any atom is 0.407 e. The molecule has 0 aliphatic carbocycles. The predicted octanol–water partition coefficient (Wildman–Crippen LogP) is 6.11. The summed E-state index contributed by atoms with van der Waals surface area (Å²) in [6.45, 7) is 19.1. The van der Waals surface area contributed by atoms with E-state index < -0.39 is 23.8 Å². The molecular weight excluding hydrogens is 402 g/mol. The molecule has 0 radical (unpaired) electrons. The molecule has 2 N–H and O–H groups in total. The van der Waals surface area contributed by atoms with Crippen LogP contribution in [0.25, 0.3) is 0 Å². The zero-order valence-electron chi connectivity index (χ0n) is 21.2. The summed E-state index contributed by atoms with van der Waals surface area (Å²) in [5.41, 5.74) is 0.412. The van der Waals surface area contributed by atoms with E-state index in [1.807, 2.05) is 57.2 Å². The molecule has 182 valence electrons. The molecule has 0 saturated carbocycles. The van der Waals surface area contributed by atoms with E-state index in [4.69, 9.17) is 9.47 Å². The van der Waals surface area contributed by atoms with Crippen molar-refractivity contribution in [2.45, 2.75) is 92.1 Å². The summed E-state index contributed by atoms with van der Waals surface area (Å²) in [7, 11) is 0. The van der Waals surface area contributed by atoms with Crippen LogP contribution in [-0.4, -0.2) is 35.6 Å². The Balaban J connectivity index is 2.75. The molecule has 0 heterocycles. The van der Waals surface area contributed by atoms with Crippen molar-refractivity contribution in [2.75, 3.05) is 6.61 Å². The molecule has 0 aliphatic rings. The van der Waals surface area contributed by atoms with Crippen LogP contribution < -0.4 is 5.32 Å². The maximum atomic E-state index is 12.5. The van der Waals surface area contributed by atoms with E-state index in [1.54, 1.807) is 0 Å². The minimum atomic E-state index is -0.697. The quantitative estimate of drug-likeness (QED) is 0.283. The number of rotatable bonds is 13. The average molecular weight is 448 g/mol. The fourth-order valence-corrected chi connectivity index (χ4v) is 3.64. The predicted molar refractivity (Wildman–Crippen MR) is 131 cm³/mol. The smallest absolute Gasteiger partial charge is 0.407 e. The second kappa shape index (κ2) is 13.0. The molecule has 0 aromatic heterocycles. The highest BCUT2D eigenvalue weighted by Gasteiger charge is 2.32. The highest BCUT2D eigenvalue weighted by Crippen LogP contribution is 2.30. The van der Waals surface area contributed by atoms with Crippen LogP contribution in [0.3, 0.4) is 0 Å². The molecule has 0 saturated heterocycles. The number of hydrogen-bond donors (Lipinski definition) is 2. The largest absolute Gasteiger partial charge is 0.444 e. The first kappa shape index (κ1) is 28.2. The molecule has 5 heteroatoms. The maximum absolute atomic E-state index is 12.5. The van der Waals surface area contributed by atoms with Crippen molar-refractivity contribution in [3.8, 4) is 0 Å². The third kappa shape index (κ3) is 11.7.